The van der Waals surface area contributed by atoms with Crippen LogP contribution in [0.15, 0.2) is 59.6 Å². The van der Waals surface area contributed by atoms with Crippen molar-refractivity contribution >= 4 is 29.1 Å². The van der Waals surface area contributed by atoms with Gasteiger partial charge in [0.1, 0.15) is 11.1 Å². The van der Waals surface area contributed by atoms with Crippen LogP contribution >= 0.6 is 23.4 Å². The normalized spacial score (nSPS) is 12.8. The first-order valence-corrected chi connectivity index (χ1v) is 11.0. The number of thioether (sulfide) groups is 1. The zero-order chi connectivity index (χ0) is 20.2. The Balaban J connectivity index is 1.77. The smallest absolute Gasteiger partial charge is 0.173 e. The summed E-state index contributed by atoms with van der Waals surface area (Å²) in [5, 5.41) is 11.2. The van der Waals surface area contributed by atoms with Crippen LogP contribution in [0.25, 0.3) is 11.1 Å². The largest absolute Gasteiger partial charge is 0.293 e. The molecular formula is C24H19ClN2OS. The van der Waals surface area contributed by atoms with Crippen molar-refractivity contribution in [3.05, 3.63) is 82.0 Å². The summed E-state index contributed by atoms with van der Waals surface area (Å²) in [6, 6.07) is 19.2. The van der Waals surface area contributed by atoms with E-state index in [4.69, 9.17) is 16.6 Å². The van der Waals surface area contributed by atoms with E-state index in [0.717, 1.165) is 48.1 Å². The van der Waals surface area contributed by atoms with Gasteiger partial charge in [0.2, 0.25) is 0 Å². The number of carbonyl (C=O) groups excluding carboxylic acids is 1. The van der Waals surface area contributed by atoms with E-state index in [1.807, 2.05) is 54.6 Å². The molecule has 144 valence electrons. The Labute approximate surface area is 179 Å². The summed E-state index contributed by atoms with van der Waals surface area (Å²) in [6.07, 6.45) is 3.95. The van der Waals surface area contributed by atoms with Crippen molar-refractivity contribution in [3.8, 4) is 17.2 Å². The van der Waals surface area contributed by atoms with Gasteiger partial charge in [-0.2, -0.15) is 5.26 Å². The van der Waals surface area contributed by atoms with Crippen LogP contribution in [0, 0.1) is 11.3 Å². The van der Waals surface area contributed by atoms with E-state index in [1.54, 1.807) is 0 Å². The molecule has 5 heteroatoms. The van der Waals surface area contributed by atoms with Crippen LogP contribution in [0.5, 0.6) is 0 Å². The Bertz CT molecular complexity index is 1110. The minimum atomic E-state index is 0.0262. The molecule has 0 N–H and O–H groups in total. The summed E-state index contributed by atoms with van der Waals surface area (Å²) >= 11 is 7.84. The number of pyridine rings is 1. The monoisotopic (exact) mass is 418 g/mol. The predicted octanol–water partition coefficient (Wildman–Crippen LogP) is 6.13. The van der Waals surface area contributed by atoms with Gasteiger partial charge >= 0.3 is 0 Å². The van der Waals surface area contributed by atoms with E-state index in [9.17, 15) is 10.1 Å². The molecule has 1 aliphatic rings. The molecule has 0 amide bonds. The third kappa shape index (κ3) is 4.07. The summed E-state index contributed by atoms with van der Waals surface area (Å²) in [4.78, 5) is 17.4. The molecule has 1 aromatic heterocycles. The maximum absolute atomic E-state index is 12.6. The zero-order valence-electron chi connectivity index (χ0n) is 15.8. The molecule has 29 heavy (non-hydrogen) atoms. The maximum atomic E-state index is 12.6. The first-order chi connectivity index (χ1) is 14.2. The van der Waals surface area contributed by atoms with Gasteiger partial charge in [0.25, 0.3) is 0 Å². The first-order valence-electron chi connectivity index (χ1n) is 9.61. The van der Waals surface area contributed by atoms with Gasteiger partial charge < -0.3 is 0 Å². The van der Waals surface area contributed by atoms with Crippen LogP contribution in [0.1, 0.15) is 40.0 Å². The molecule has 0 atom stereocenters. The average molecular weight is 419 g/mol. The number of benzene rings is 2. The molecule has 0 fully saturated rings. The van der Waals surface area contributed by atoms with Crippen molar-refractivity contribution in [1.29, 1.82) is 5.26 Å². The van der Waals surface area contributed by atoms with Crippen molar-refractivity contribution in [2.24, 2.45) is 0 Å². The van der Waals surface area contributed by atoms with Crippen molar-refractivity contribution in [1.82, 2.24) is 4.98 Å². The van der Waals surface area contributed by atoms with Crippen LogP contribution in [-0.4, -0.2) is 16.5 Å². The molecule has 0 saturated carbocycles. The fourth-order valence-electron chi connectivity index (χ4n) is 3.73. The lowest BCUT2D eigenvalue weighted by molar-refractivity contribution is 0.102. The van der Waals surface area contributed by atoms with Gasteiger partial charge in [0.15, 0.2) is 5.78 Å². The highest BCUT2D eigenvalue weighted by molar-refractivity contribution is 8.00. The van der Waals surface area contributed by atoms with E-state index < -0.39 is 0 Å². The second-order valence-electron chi connectivity index (χ2n) is 6.97. The molecule has 3 nitrogen and oxygen atoms in total. The summed E-state index contributed by atoms with van der Waals surface area (Å²) < 4.78 is 0. The van der Waals surface area contributed by atoms with Gasteiger partial charge in [0.05, 0.1) is 11.3 Å². The number of Topliss-reactive ketones (excluding diaryl/α,β-unsaturated/α-hetero) is 1. The zero-order valence-corrected chi connectivity index (χ0v) is 17.4. The van der Waals surface area contributed by atoms with Gasteiger partial charge in [0, 0.05) is 27.4 Å². The molecule has 0 radical (unpaired) electrons. The lowest BCUT2D eigenvalue weighted by Gasteiger charge is -2.22. The molecule has 3 aromatic rings. The van der Waals surface area contributed by atoms with Crippen LogP contribution < -0.4 is 0 Å². The topological polar surface area (TPSA) is 53.8 Å². The minimum absolute atomic E-state index is 0.0262. The van der Waals surface area contributed by atoms with Crippen LogP contribution in [-0.2, 0) is 12.8 Å². The Morgan fingerprint density at radius 3 is 2.55 bits per heavy atom. The number of hydrogen-bond donors (Lipinski definition) is 0. The molecule has 4 rings (SSSR count). The lowest BCUT2D eigenvalue weighted by atomic mass is 9.87. The molecule has 0 unspecified atom stereocenters. The van der Waals surface area contributed by atoms with Gasteiger partial charge in [-0.25, -0.2) is 4.98 Å². The number of fused-ring (bicyclic) bond motifs is 1. The van der Waals surface area contributed by atoms with Crippen LogP contribution in [0.4, 0.5) is 0 Å². The molecule has 0 saturated heterocycles. The van der Waals surface area contributed by atoms with Gasteiger partial charge in [-0.05, 0) is 37.3 Å². The average Bonchev–Trinajstić information content (AvgIpc) is 2.77. The standard InChI is InChI=1S/C24H19ClN2OS/c25-20-12-6-4-10-17(20)23-18-11-5-7-13-21(18)27-24(19(23)14-26)29-15-22(28)16-8-2-1-3-9-16/h1-4,6,8-10,12H,5,7,11,13,15H2. The number of carbonyl (C=O) groups is 1. The highest BCUT2D eigenvalue weighted by atomic mass is 35.5. The number of aromatic nitrogens is 1. The Morgan fingerprint density at radius 1 is 1.07 bits per heavy atom. The fourth-order valence-corrected chi connectivity index (χ4v) is 4.86. The van der Waals surface area contributed by atoms with E-state index in [-0.39, 0.29) is 11.5 Å². The lowest BCUT2D eigenvalue weighted by Crippen LogP contribution is -2.11. The number of hydrogen-bond acceptors (Lipinski definition) is 4. The highest BCUT2D eigenvalue weighted by Crippen LogP contribution is 2.40. The molecule has 0 spiro atoms. The predicted molar refractivity (Wildman–Crippen MR) is 118 cm³/mol. The van der Waals surface area contributed by atoms with Crippen molar-refractivity contribution < 1.29 is 4.79 Å². The molecule has 0 aliphatic heterocycles. The minimum Gasteiger partial charge on any atom is -0.293 e. The van der Waals surface area contributed by atoms with E-state index >= 15 is 0 Å². The molecule has 1 heterocycles. The van der Waals surface area contributed by atoms with Crippen molar-refractivity contribution in [2.45, 2.75) is 30.7 Å². The van der Waals surface area contributed by atoms with Crippen molar-refractivity contribution in [3.63, 3.8) is 0 Å². The second-order valence-corrected chi connectivity index (χ2v) is 8.34. The van der Waals surface area contributed by atoms with Crippen LogP contribution in [0.2, 0.25) is 5.02 Å². The number of rotatable bonds is 5. The maximum Gasteiger partial charge on any atom is 0.173 e. The number of nitrogens with zero attached hydrogens (tertiary/aromatic N) is 2. The summed E-state index contributed by atoms with van der Waals surface area (Å²) in [7, 11) is 0. The Morgan fingerprint density at radius 2 is 1.79 bits per heavy atom. The fraction of sp³-hybridized carbons (Fsp3) is 0.208. The molecule has 2 aromatic carbocycles. The third-order valence-corrected chi connectivity index (χ3v) is 6.44. The van der Waals surface area contributed by atoms with Gasteiger partial charge in [-0.3, -0.25) is 4.79 Å². The third-order valence-electron chi connectivity index (χ3n) is 5.13. The summed E-state index contributed by atoms with van der Waals surface area (Å²) in [5.41, 5.74) is 5.09. The van der Waals surface area contributed by atoms with E-state index in [0.29, 0.717) is 21.2 Å². The van der Waals surface area contributed by atoms with E-state index in [2.05, 4.69) is 6.07 Å². The second kappa shape index (κ2) is 8.82. The summed E-state index contributed by atoms with van der Waals surface area (Å²) in [5.74, 6) is 0.269. The van der Waals surface area contributed by atoms with Gasteiger partial charge in [-0.1, -0.05) is 71.9 Å². The Hall–Kier alpha value is -2.61. The summed E-state index contributed by atoms with van der Waals surface area (Å²) in [6.45, 7) is 0. The number of halogens is 1. The van der Waals surface area contributed by atoms with Crippen LogP contribution in [0.3, 0.4) is 0 Å². The van der Waals surface area contributed by atoms with E-state index in [1.165, 1.54) is 11.8 Å². The Kier molecular flexibility index (Phi) is 5.99. The quantitative estimate of drug-likeness (QED) is 0.369. The number of nitriles is 1. The molecule has 1 aliphatic carbocycles. The molecular weight excluding hydrogens is 400 g/mol. The van der Waals surface area contributed by atoms with Crippen molar-refractivity contribution in [2.75, 3.05) is 5.75 Å². The SMILES string of the molecule is N#Cc1c(SCC(=O)c2ccccc2)nc2c(c1-c1ccccc1Cl)CCCC2. The molecule has 0 bridgehead atoms. The number of ketones is 1. The first kappa shape index (κ1) is 19.7. The highest BCUT2D eigenvalue weighted by Gasteiger charge is 2.24. The number of aryl methyl sites for hydroxylation is 1. The van der Waals surface area contributed by atoms with Gasteiger partial charge in [-0.15, -0.1) is 0 Å².